The summed E-state index contributed by atoms with van der Waals surface area (Å²) in [6.45, 7) is 15.0. The van der Waals surface area contributed by atoms with Crippen LogP contribution in [0.2, 0.25) is 0 Å². The van der Waals surface area contributed by atoms with Gasteiger partial charge in [-0.25, -0.2) is 0 Å². The van der Waals surface area contributed by atoms with E-state index in [0.29, 0.717) is 6.42 Å². The first-order chi connectivity index (χ1) is 7.73. The number of carbonyl (C=O) groups excluding carboxylic acids is 2. The Labute approximate surface area is 104 Å². The van der Waals surface area contributed by atoms with Gasteiger partial charge in [0, 0.05) is 6.42 Å². The van der Waals surface area contributed by atoms with Crippen molar-refractivity contribution in [1.82, 2.24) is 0 Å². The van der Waals surface area contributed by atoms with Crippen molar-refractivity contribution in [1.29, 1.82) is 0 Å². The number of carbonyl (C=O) groups is 2. The largest absolute Gasteiger partial charge is 0.457 e. The molecule has 0 aromatic heterocycles. The summed E-state index contributed by atoms with van der Waals surface area (Å²) >= 11 is 0. The smallest absolute Gasteiger partial charge is 0.313 e. The first-order valence-electron chi connectivity index (χ1n) is 5.76. The van der Waals surface area contributed by atoms with E-state index in [0.717, 1.165) is 11.1 Å². The molecule has 0 saturated carbocycles. The lowest BCUT2D eigenvalue weighted by Gasteiger charge is -2.22. The molecule has 0 aliphatic rings. The zero-order chi connectivity index (χ0) is 13.6. The SMILES string of the molecule is C=C(C)CC(OC(=O)CC(C)=O)C(=C)C(C)C. The van der Waals surface area contributed by atoms with Crippen LogP contribution in [0.25, 0.3) is 0 Å². The van der Waals surface area contributed by atoms with Crippen molar-refractivity contribution < 1.29 is 14.3 Å². The highest BCUT2D eigenvalue weighted by Crippen LogP contribution is 2.21. The van der Waals surface area contributed by atoms with E-state index in [9.17, 15) is 9.59 Å². The van der Waals surface area contributed by atoms with Crippen LogP contribution in [-0.4, -0.2) is 17.9 Å². The Balaban J connectivity index is 4.59. The first kappa shape index (κ1) is 15.6. The fourth-order valence-corrected chi connectivity index (χ4v) is 1.34. The van der Waals surface area contributed by atoms with Crippen LogP contribution in [0, 0.1) is 5.92 Å². The first-order valence-corrected chi connectivity index (χ1v) is 5.76. The van der Waals surface area contributed by atoms with Crippen molar-refractivity contribution in [3.05, 3.63) is 24.3 Å². The molecule has 0 aromatic carbocycles. The fourth-order valence-electron chi connectivity index (χ4n) is 1.34. The Morgan fingerprint density at radius 3 is 2.06 bits per heavy atom. The van der Waals surface area contributed by atoms with Gasteiger partial charge in [0.2, 0.25) is 0 Å². The summed E-state index contributed by atoms with van der Waals surface area (Å²) in [5, 5.41) is 0. The molecule has 3 heteroatoms. The Bertz CT molecular complexity index is 326. The molecule has 0 amide bonds. The molecule has 0 aliphatic heterocycles. The van der Waals surface area contributed by atoms with E-state index in [1.807, 2.05) is 20.8 Å². The summed E-state index contributed by atoms with van der Waals surface area (Å²) in [7, 11) is 0. The molecule has 0 radical (unpaired) electrons. The van der Waals surface area contributed by atoms with Gasteiger partial charge in [0.15, 0.2) is 0 Å². The molecule has 0 bridgehead atoms. The number of esters is 1. The van der Waals surface area contributed by atoms with E-state index >= 15 is 0 Å². The molecule has 0 heterocycles. The van der Waals surface area contributed by atoms with Crippen LogP contribution in [0.3, 0.4) is 0 Å². The highest BCUT2D eigenvalue weighted by molar-refractivity contribution is 5.94. The molecule has 96 valence electrons. The minimum absolute atomic E-state index is 0.182. The lowest BCUT2D eigenvalue weighted by atomic mass is 9.95. The lowest BCUT2D eigenvalue weighted by molar-refractivity contribution is -0.149. The minimum Gasteiger partial charge on any atom is -0.457 e. The normalized spacial score (nSPS) is 12.1. The van der Waals surface area contributed by atoms with Crippen LogP contribution in [0.4, 0.5) is 0 Å². The molecule has 17 heavy (non-hydrogen) atoms. The maximum atomic E-state index is 11.5. The third kappa shape index (κ3) is 6.72. The lowest BCUT2D eigenvalue weighted by Crippen LogP contribution is -2.23. The third-order valence-corrected chi connectivity index (χ3v) is 2.36. The maximum absolute atomic E-state index is 11.5. The van der Waals surface area contributed by atoms with Crippen molar-refractivity contribution >= 4 is 11.8 Å². The van der Waals surface area contributed by atoms with Crippen LogP contribution < -0.4 is 0 Å². The fraction of sp³-hybridized carbons (Fsp3) is 0.571. The summed E-state index contributed by atoms with van der Waals surface area (Å²) in [4.78, 5) is 22.3. The van der Waals surface area contributed by atoms with Gasteiger partial charge in [0.25, 0.3) is 0 Å². The predicted octanol–water partition coefficient (Wildman–Crippen LogP) is 3.06. The van der Waals surface area contributed by atoms with Gasteiger partial charge >= 0.3 is 5.97 Å². The second kappa shape index (κ2) is 7.05. The summed E-state index contributed by atoms with van der Waals surface area (Å²) in [6.07, 6.45) is -0.00187. The van der Waals surface area contributed by atoms with Crippen molar-refractivity contribution in [3.8, 4) is 0 Å². The zero-order valence-corrected chi connectivity index (χ0v) is 11.2. The second-order valence-electron chi connectivity index (χ2n) is 4.75. The average molecular weight is 238 g/mol. The maximum Gasteiger partial charge on any atom is 0.313 e. The van der Waals surface area contributed by atoms with E-state index in [1.54, 1.807) is 0 Å². The van der Waals surface area contributed by atoms with Gasteiger partial charge < -0.3 is 4.74 Å². The van der Waals surface area contributed by atoms with Gasteiger partial charge in [0.05, 0.1) is 0 Å². The summed E-state index contributed by atoms with van der Waals surface area (Å²) in [5.41, 5.74) is 1.78. The Morgan fingerprint density at radius 1 is 1.18 bits per heavy atom. The topological polar surface area (TPSA) is 43.4 Å². The van der Waals surface area contributed by atoms with E-state index in [2.05, 4.69) is 13.2 Å². The molecular formula is C14H22O3. The summed E-state index contributed by atoms with van der Waals surface area (Å²) in [5.74, 6) is -0.464. The molecule has 0 saturated heterocycles. The average Bonchev–Trinajstić information content (AvgIpc) is 2.13. The van der Waals surface area contributed by atoms with E-state index < -0.39 is 5.97 Å². The molecule has 0 aromatic rings. The number of hydrogen-bond acceptors (Lipinski definition) is 3. The molecule has 1 unspecified atom stereocenters. The highest BCUT2D eigenvalue weighted by atomic mass is 16.5. The van der Waals surface area contributed by atoms with Crippen molar-refractivity contribution in [2.45, 2.75) is 46.6 Å². The molecule has 0 spiro atoms. The zero-order valence-electron chi connectivity index (χ0n) is 11.2. The second-order valence-corrected chi connectivity index (χ2v) is 4.75. The van der Waals surface area contributed by atoms with Gasteiger partial charge in [-0.3, -0.25) is 9.59 Å². The molecule has 0 fully saturated rings. The number of ketones is 1. The summed E-state index contributed by atoms with van der Waals surface area (Å²) < 4.78 is 5.28. The number of hydrogen-bond donors (Lipinski definition) is 0. The van der Waals surface area contributed by atoms with Gasteiger partial charge in [-0.15, -0.1) is 0 Å². The number of Topliss-reactive ketones (excluding diaryl/α,β-unsaturated/α-hetero) is 1. The van der Waals surface area contributed by atoms with Gasteiger partial charge in [-0.2, -0.15) is 0 Å². The monoisotopic (exact) mass is 238 g/mol. The van der Waals surface area contributed by atoms with Gasteiger partial charge in [-0.05, 0) is 25.3 Å². The van der Waals surface area contributed by atoms with Crippen LogP contribution in [0.5, 0.6) is 0 Å². The van der Waals surface area contributed by atoms with Crippen LogP contribution in [0.15, 0.2) is 24.3 Å². The predicted molar refractivity (Wildman–Crippen MR) is 68.6 cm³/mol. The Kier molecular flexibility index (Phi) is 6.47. The third-order valence-electron chi connectivity index (χ3n) is 2.36. The quantitative estimate of drug-likeness (QED) is 0.389. The van der Waals surface area contributed by atoms with Crippen LogP contribution >= 0.6 is 0 Å². The van der Waals surface area contributed by atoms with Crippen molar-refractivity contribution in [2.24, 2.45) is 5.92 Å². The Morgan fingerprint density at radius 2 is 1.71 bits per heavy atom. The van der Waals surface area contributed by atoms with Crippen molar-refractivity contribution in [3.63, 3.8) is 0 Å². The van der Waals surface area contributed by atoms with E-state index in [1.165, 1.54) is 6.92 Å². The molecule has 1 atom stereocenters. The van der Waals surface area contributed by atoms with E-state index in [4.69, 9.17) is 4.74 Å². The number of ether oxygens (including phenoxy) is 1. The van der Waals surface area contributed by atoms with Crippen LogP contribution in [0.1, 0.15) is 40.5 Å². The molecular weight excluding hydrogens is 216 g/mol. The van der Waals surface area contributed by atoms with Gasteiger partial charge in [0.1, 0.15) is 18.3 Å². The Hall–Kier alpha value is -1.38. The molecule has 0 N–H and O–H groups in total. The molecule has 0 aliphatic carbocycles. The van der Waals surface area contributed by atoms with Gasteiger partial charge in [-0.1, -0.05) is 32.6 Å². The van der Waals surface area contributed by atoms with Crippen LogP contribution in [-0.2, 0) is 14.3 Å². The standard InChI is InChI=1S/C14H22O3/c1-9(2)7-13(12(6)10(3)4)17-14(16)8-11(5)15/h10,13H,1,6-8H2,2-5H3. The number of rotatable bonds is 7. The molecule has 0 rings (SSSR count). The van der Waals surface area contributed by atoms with Crippen molar-refractivity contribution in [2.75, 3.05) is 0 Å². The highest BCUT2D eigenvalue weighted by Gasteiger charge is 2.20. The molecule has 3 nitrogen and oxygen atoms in total. The minimum atomic E-state index is -0.495. The van der Waals surface area contributed by atoms with E-state index in [-0.39, 0.29) is 24.2 Å². The summed E-state index contributed by atoms with van der Waals surface area (Å²) in [6, 6.07) is 0.